The van der Waals surface area contributed by atoms with Crippen LogP contribution in [0.2, 0.25) is 5.02 Å². The summed E-state index contributed by atoms with van der Waals surface area (Å²) in [4.78, 5) is 11.6. The normalized spacial score (nSPS) is 12.2. The Kier molecular flexibility index (Phi) is 7.83. The van der Waals surface area contributed by atoms with E-state index in [1.807, 2.05) is 0 Å². The second-order valence-electron chi connectivity index (χ2n) is 7.24. The number of aliphatic hydroxyl groups excluding tert-OH is 1. The summed E-state index contributed by atoms with van der Waals surface area (Å²) in [5.74, 6) is -3.18. The van der Waals surface area contributed by atoms with E-state index < -0.39 is 45.8 Å². The van der Waals surface area contributed by atoms with Crippen LogP contribution in [0.15, 0.2) is 59.5 Å². The lowest BCUT2D eigenvalue weighted by atomic mass is 9.99. The van der Waals surface area contributed by atoms with E-state index in [9.17, 15) is 27.1 Å². The van der Waals surface area contributed by atoms with Crippen molar-refractivity contribution >= 4 is 33.2 Å². The Morgan fingerprint density at radius 2 is 1.74 bits per heavy atom. The molecule has 35 heavy (non-hydrogen) atoms. The van der Waals surface area contributed by atoms with Gasteiger partial charge in [0.05, 0.1) is 24.8 Å². The molecule has 3 aromatic carbocycles. The highest BCUT2D eigenvalue weighted by Gasteiger charge is 2.32. The van der Waals surface area contributed by atoms with Gasteiger partial charge in [0, 0.05) is 22.2 Å². The Hall–Kier alpha value is -3.41. The third-order valence-electron chi connectivity index (χ3n) is 5.07. The summed E-state index contributed by atoms with van der Waals surface area (Å²) >= 11 is 6.07. The molecule has 3 aromatic rings. The van der Waals surface area contributed by atoms with E-state index in [0.29, 0.717) is 4.31 Å². The standard InChI is InChI=1S/C23H21ClF2N2O6S/c1-33-19-9-7-14(11-20(19)34-2)35(31,32)28(12-21(27)29)18-8-6-13(24)10-16(18)23(30)15-4-3-5-17(25)22(15)26/h3-11,23,30H,12H2,1-2H3,(H2,27,29). The molecule has 0 aliphatic heterocycles. The molecular formula is C23H21ClF2N2O6S. The smallest absolute Gasteiger partial charge is 0.264 e. The lowest BCUT2D eigenvalue weighted by molar-refractivity contribution is -0.116. The maximum Gasteiger partial charge on any atom is 0.264 e. The fourth-order valence-electron chi connectivity index (χ4n) is 3.42. The van der Waals surface area contributed by atoms with Crippen LogP contribution in [0.25, 0.3) is 0 Å². The van der Waals surface area contributed by atoms with Crippen molar-refractivity contribution in [1.29, 1.82) is 0 Å². The number of methoxy groups -OCH3 is 2. The van der Waals surface area contributed by atoms with E-state index in [1.54, 1.807) is 0 Å². The molecule has 0 bridgehead atoms. The van der Waals surface area contributed by atoms with Gasteiger partial charge in [-0.25, -0.2) is 17.2 Å². The summed E-state index contributed by atoms with van der Waals surface area (Å²) < 4.78 is 66.4. The third-order valence-corrected chi connectivity index (χ3v) is 7.06. The number of aliphatic hydroxyl groups is 1. The number of anilines is 1. The molecule has 0 spiro atoms. The molecule has 0 aromatic heterocycles. The maximum atomic E-state index is 14.4. The molecule has 12 heteroatoms. The second-order valence-corrected chi connectivity index (χ2v) is 9.54. The van der Waals surface area contributed by atoms with Gasteiger partial charge in [0.25, 0.3) is 10.0 Å². The minimum absolute atomic E-state index is 0.0714. The fraction of sp³-hybridized carbons (Fsp3) is 0.174. The number of hydrogen-bond acceptors (Lipinski definition) is 6. The first-order chi connectivity index (χ1) is 16.5. The minimum atomic E-state index is -4.50. The van der Waals surface area contributed by atoms with Crippen molar-refractivity contribution in [2.75, 3.05) is 25.1 Å². The average Bonchev–Trinajstić information content (AvgIpc) is 2.83. The topological polar surface area (TPSA) is 119 Å². The van der Waals surface area contributed by atoms with Crippen molar-refractivity contribution in [2.45, 2.75) is 11.0 Å². The van der Waals surface area contributed by atoms with Crippen LogP contribution in [0, 0.1) is 11.6 Å². The third kappa shape index (κ3) is 5.31. The number of nitrogens with two attached hydrogens (primary N) is 1. The predicted molar refractivity (Wildman–Crippen MR) is 125 cm³/mol. The molecule has 0 saturated carbocycles. The lowest BCUT2D eigenvalue weighted by Crippen LogP contribution is -2.39. The number of hydrogen-bond donors (Lipinski definition) is 2. The summed E-state index contributed by atoms with van der Waals surface area (Å²) in [5.41, 5.74) is 4.44. The number of sulfonamides is 1. The molecule has 186 valence electrons. The number of nitrogens with zero attached hydrogens (tertiary/aromatic N) is 1. The van der Waals surface area contributed by atoms with Gasteiger partial charge in [0.15, 0.2) is 23.1 Å². The van der Waals surface area contributed by atoms with Crippen molar-refractivity contribution in [3.8, 4) is 11.5 Å². The molecule has 0 aliphatic carbocycles. The zero-order valence-corrected chi connectivity index (χ0v) is 20.1. The van der Waals surface area contributed by atoms with Gasteiger partial charge >= 0.3 is 0 Å². The Morgan fingerprint density at radius 3 is 2.37 bits per heavy atom. The van der Waals surface area contributed by atoms with E-state index >= 15 is 0 Å². The molecule has 3 N–H and O–H groups in total. The van der Waals surface area contributed by atoms with Crippen LogP contribution in [0.3, 0.4) is 0 Å². The Labute approximate surface area is 205 Å². The van der Waals surface area contributed by atoms with Crippen LogP contribution >= 0.6 is 11.6 Å². The number of rotatable bonds is 9. The molecule has 0 heterocycles. The summed E-state index contributed by atoms with van der Waals surface area (Å²) in [6, 6.07) is 10.7. The first-order valence-electron chi connectivity index (χ1n) is 9.95. The van der Waals surface area contributed by atoms with Crippen LogP contribution in [-0.4, -0.2) is 40.2 Å². The van der Waals surface area contributed by atoms with Gasteiger partial charge in [-0.1, -0.05) is 23.7 Å². The number of amides is 1. The molecule has 8 nitrogen and oxygen atoms in total. The number of benzene rings is 3. The molecule has 3 rings (SSSR count). The Bertz CT molecular complexity index is 1370. The van der Waals surface area contributed by atoms with Gasteiger partial charge in [0.1, 0.15) is 12.6 Å². The van der Waals surface area contributed by atoms with Crippen LogP contribution in [0.5, 0.6) is 11.5 Å². The van der Waals surface area contributed by atoms with Crippen molar-refractivity contribution in [3.63, 3.8) is 0 Å². The van der Waals surface area contributed by atoms with Crippen LogP contribution in [0.1, 0.15) is 17.2 Å². The number of primary amides is 1. The molecule has 0 fully saturated rings. The highest BCUT2D eigenvalue weighted by Crippen LogP contribution is 2.38. The maximum absolute atomic E-state index is 14.4. The molecule has 1 unspecified atom stereocenters. The van der Waals surface area contributed by atoms with Gasteiger partial charge in [-0.2, -0.15) is 0 Å². The van der Waals surface area contributed by atoms with Gasteiger partial charge in [-0.3, -0.25) is 9.10 Å². The molecule has 0 aliphatic rings. The lowest BCUT2D eigenvalue weighted by Gasteiger charge is -2.27. The summed E-state index contributed by atoms with van der Waals surface area (Å²) in [6.07, 6.45) is -1.84. The van der Waals surface area contributed by atoms with E-state index in [-0.39, 0.29) is 32.7 Å². The zero-order chi connectivity index (χ0) is 25.9. The second kappa shape index (κ2) is 10.5. The van der Waals surface area contributed by atoms with E-state index in [0.717, 1.165) is 12.1 Å². The molecule has 0 radical (unpaired) electrons. The van der Waals surface area contributed by atoms with E-state index in [2.05, 4.69) is 0 Å². The molecule has 1 atom stereocenters. The first-order valence-corrected chi connectivity index (χ1v) is 11.8. The number of carbonyl (C=O) groups excluding carboxylic acids is 1. The highest BCUT2D eigenvalue weighted by atomic mass is 35.5. The fourth-order valence-corrected chi connectivity index (χ4v) is 5.07. The summed E-state index contributed by atoms with van der Waals surface area (Å²) in [6.45, 7) is -0.830. The molecular weight excluding hydrogens is 506 g/mol. The van der Waals surface area contributed by atoms with Crippen molar-refractivity contribution in [3.05, 3.63) is 82.4 Å². The van der Waals surface area contributed by atoms with Crippen LogP contribution in [0.4, 0.5) is 14.5 Å². The highest BCUT2D eigenvalue weighted by molar-refractivity contribution is 7.92. The average molecular weight is 527 g/mol. The van der Waals surface area contributed by atoms with Crippen LogP contribution in [-0.2, 0) is 14.8 Å². The van der Waals surface area contributed by atoms with Gasteiger partial charge in [-0.15, -0.1) is 0 Å². The van der Waals surface area contributed by atoms with Crippen molar-refractivity contribution in [2.24, 2.45) is 5.73 Å². The number of ether oxygens (including phenoxy) is 2. The van der Waals surface area contributed by atoms with E-state index in [4.69, 9.17) is 26.8 Å². The van der Waals surface area contributed by atoms with Gasteiger partial charge in [0.2, 0.25) is 5.91 Å². The Morgan fingerprint density at radius 1 is 1.06 bits per heavy atom. The van der Waals surface area contributed by atoms with Crippen molar-refractivity contribution in [1.82, 2.24) is 0 Å². The minimum Gasteiger partial charge on any atom is -0.493 e. The monoisotopic (exact) mass is 526 g/mol. The molecule has 1 amide bonds. The first kappa shape index (κ1) is 26.2. The largest absolute Gasteiger partial charge is 0.493 e. The predicted octanol–water partition coefficient (Wildman–Crippen LogP) is 3.40. The SMILES string of the molecule is COc1ccc(S(=O)(=O)N(CC(N)=O)c2ccc(Cl)cc2C(O)c2cccc(F)c2F)cc1OC. The Balaban J connectivity index is 2.23. The quantitative estimate of drug-likeness (QED) is 0.441. The van der Waals surface area contributed by atoms with Gasteiger partial charge in [-0.05, 0) is 36.4 Å². The van der Waals surface area contributed by atoms with Crippen molar-refractivity contribution < 1.29 is 36.6 Å². The summed E-state index contributed by atoms with van der Waals surface area (Å²) in [7, 11) is -1.81. The van der Waals surface area contributed by atoms with Crippen LogP contribution < -0.4 is 19.5 Å². The van der Waals surface area contributed by atoms with E-state index in [1.165, 1.54) is 56.7 Å². The summed E-state index contributed by atoms with van der Waals surface area (Å²) in [5, 5.41) is 11.0. The number of carbonyl (C=O) groups is 1. The number of halogens is 3. The van der Waals surface area contributed by atoms with Gasteiger partial charge < -0.3 is 20.3 Å². The zero-order valence-electron chi connectivity index (χ0n) is 18.5. The molecule has 0 saturated heterocycles.